The Morgan fingerprint density at radius 2 is 2.00 bits per heavy atom. The maximum Gasteiger partial charge on any atom is 0.322 e. The number of para-hydroxylation sites is 1. The molecule has 9 heteroatoms. The number of thioether (sulfide) groups is 1. The monoisotopic (exact) mass is 438 g/mol. The molecule has 1 aliphatic heterocycles. The fourth-order valence-electron chi connectivity index (χ4n) is 3.35. The molecule has 1 aliphatic rings. The first-order valence-electron chi connectivity index (χ1n) is 9.79. The van der Waals surface area contributed by atoms with Gasteiger partial charge in [-0.3, -0.25) is 14.9 Å². The summed E-state index contributed by atoms with van der Waals surface area (Å²) >= 11 is 1.65. The first kappa shape index (κ1) is 20.9. The Bertz CT molecular complexity index is 1080. The largest absolute Gasteiger partial charge is 0.483 e. The normalized spacial score (nSPS) is 15.9. The van der Waals surface area contributed by atoms with Gasteiger partial charge in [-0.15, -0.1) is 16.9 Å². The zero-order valence-corrected chi connectivity index (χ0v) is 18.0. The van der Waals surface area contributed by atoms with Gasteiger partial charge in [0.05, 0.1) is 5.92 Å². The van der Waals surface area contributed by atoms with Crippen molar-refractivity contribution < 1.29 is 18.7 Å². The van der Waals surface area contributed by atoms with Crippen LogP contribution in [0, 0.1) is 6.92 Å². The molecular formula is C22H22N4O4S. The molecule has 1 atom stereocenters. The molecule has 0 radical (unpaired) electrons. The second kappa shape index (κ2) is 9.22. The van der Waals surface area contributed by atoms with Crippen LogP contribution in [0.1, 0.15) is 23.8 Å². The van der Waals surface area contributed by atoms with Crippen molar-refractivity contribution in [3.8, 4) is 5.75 Å². The van der Waals surface area contributed by atoms with Crippen LogP contribution in [0.25, 0.3) is 0 Å². The highest BCUT2D eigenvalue weighted by atomic mass is 32.2. The Hall–Kier alpha value is -3.33. The van der Waals surface area contributed by atoms with Gasteiger partial charge in [-0.1, -0.05) is 23.3 Å². The van der Waals surface area contributed by atoms with E-state index < -0.39 is 5.91 Å². The standard InChI is InChI=1S/C22H22N4O4S/c1-14-5-3-4-6-18(14)29-13-19(27)23-22-25-24-21(30-22)15-11-20(28)26(12-15)16-7-9-17(31-2)10-8-16/h3-10,15H,11-13H2,1-2H3,(H,23,25,27)/t15-/m1/s1. The van der Waals surface area contributed by atoms with E-state index in [9.17, 15) is 9.59 Å². The quantitative estimate of drug-likeness (QED) is 0.563. The Balaban J connectivity index is 1.34. The average molecular weight is 439 g/mol. The number of hydrogen-bond acceptors (Lipinski definition) is 7. The topological polar surface area (TPSA) is 97.6 Å². The minimum absolute atomic E-state index is 0.00248. The van der Waals surface area contributed by atoms with Crippen molar-refractivity contribution in [2.45, 2.75) is 24.2 Å². The van der Waals surface area contributed by atoms with E-state index in [1.807, 2.05) is 55.6 Å². The molecule has 1 saturated heterocycles. The van der Waals surface area contributed by atoms with Gasteiger partial charge in [-0.2, -0.15) is 0 Å². The lowest BCUT2D eigenvalue weighted by Gasteiger charge is -2.16. The van der Waals surface area contributed by atoms with Gasteiger partial charge in [0.2, 0.25) is 11.8 Å². The number of rotatable bonds is 7. The second-order valence-corrected chi connectivity index (χ2v) is 8.03. The molecule has 2 heterocycles. The average Bonchev–Trinajstić information content (AvgIpc) is 3.40. The lowest BCUT2D eigenvalue weighted by Crippen LogP contribution is -2.24. The number of carbonyl (C=O) groups is 2. The van der Waals surface area contributed by atoms with E-state index in [0.717, 1.165) is 16.1 Å². The number of amides is 2. The van der Waals surface area contributed by atoms with Crippen LogP contribution >= 0.6 is 11.8 Å². The summed E-state index contributed by atoms with van der Waals surface area (Å²) < 4.78 is 11.1. The van der Waals surface area contributed by atoms with Crippen molar-refractivity contribution in [1.82, 2.24) is 10.2 Å². The van der Waals surface area contributed by atoms with Crippen LogP contribution in [0.3, 0.4) is 0 Å². The summed E-state index contributed by atoms with van der Waals surface area (Å²) in [6.07, 6.45) is 2.28. The van der Waals surface area contributed by atoms with Crippen molar-refractivity contribution >= 4 is 35.3 Å². The van der Waals surface area contributed by atoms with E-state index in [-0.39, 0.29) is 30.9 Å². The fourth-order valence-corrected chi connectivity index (χ4v) is 3.76. The molecule has 0 spiro atoms. The molecule has 0 unspecified atom stereocenters. The van der Waals surface area contributed by atoms with Gasteiger partial charge in [-0.25, -0.2) is 0 Å². The number of hydrogen-bond donors (Lipinski definition) is 1. The molecule has 1 N–H and O–H groups in total. The third-order valence-electron chi connectivity index (χ3n) is 5.00. The van der Waals surface area contributed by atoms with E-state index in [2.05, 4.69) is 15.5 Å². The number of nitrogens with zero attached hydrogens (tertiary/aromatic N) is 3. The predicted octanol–water partition coefficient (Wildman–Crippen LogP) is 3.64. The van der Waals surface area contributed by atoms with Crippen LogP contribution in [-0.4, -0.2) is 41.4 Å². The zero-order valence-electron chi connectivity index (χ0n) is 17.2. The van der Waals surface area contributed by atoms with Crippen molar-refractivity contribution in [1.29, 1.82) is 0 Å². The Morgan fingerprint density at radius 1 is 1.23 bits per heavy atom. The van der Waals surface area contributed by atoms with Crippen molar-refractivity contribution in [3.05, 3.63) is 60.0 Å². The Kier molecular flexibility index (Phi) is 6.22. The van der Waals surface area contributed by atoms with Gasteiger partial charge >= 0.3 is 6.01 Å². The van der Waals surface area contributed by atoms with Crippen molar-refractivity contribution in [3.63, 3.8) is 0 Å². The van der Waals surface area contributed by atoms with Crippen LogP contribution < -0.4 is 15.0 Å². The van der Waals surface area contributed by atoms with Gasteiger partial charge in [0, 0.05) is 23.5 Å². The highest BCUT2D eigenvalue weighted by molar-refractivity contribution is 7.98. The molecule has 4 rings (SSSR count). The SMILES string of the molecule is CSc1ccc(N2C[C@H](c3nnc(NC(=O)COc4ccccc4C)o3)CC2=O)cc1. The van der Waals surface area contributed by atoms with Crippen LogP contribution in [0.2, 0.25) is 0 Å². The van der Waals surface area contributed by atoms with Crippen LogP contribution in [0.15, 0.2) is 57.8 Å². The molecule has 8 nitrogen and oxygen atoms in total. The van der Waals surface area contributed by atoms with E-state index in [1.54, 1.807) is 22.7 Å². The molecule has 1 fully saturated rings. The van der Waals surface area contributed by atoms with Crippen molar-refractivity contribution in [2.24, 2.45) is 0 Å². The summed E-state index contributed by atoms with van der Waals surface area (Å²) in [5.41, 5.74) is 1.78. The molecule has 0 bridgehead atoms. The molecule has 2 amide bonds. The molecule has 0 saturated carbocycles. The number of nitrogens with one attached hydrogen (secondary N) is 1. The lowest BCUT2D eigenvalue weighted by molar-refractivity contribution is -0.118. The van der Waals surface area contributed by atoms with Crippen molar-refractivity contribution in [2.75, 3.05) is 29.6 Å². The highest BCUT2D eigenvalue weighted by Crippen LogP contribution is 2.32. The Morgan fingerprint density at radius 3 is 2.74 bits per heavy atom. The molecule has 0 aliphatic carbocycles. The van der Waals surface area contributed by atoms with Gasteiger partial charge in [0.1, 0.15) is 5.75 Å². The second-order valence-electron chi connectivity index (χ2n) is 7.15. The number of ether oxygens (including phenoxy) is 1. The third-order valence-corrected chi connectivity index (χ3v) is 5.74. The van der Waals surface area contributed by atoms with E-state index in [0.29, 0.717) is 18.2 Å². The number of aromatic nitrogens is 2. The van der Waals surface area contributed by atoms with Gasteiger partial charge in [-0.05, 0) is 49.1 Å². The minimum atomic E-state index is -0.406. The maximum atomic E-state index is 12.5. The zero-order chi connectivity index (χ0) is 21.8. The first-order chi connectivity index (χ1) is 15.0. The summed E-state index contributed by atoms with van der Waals surface area (Å²) in [5, 5.41) is 10.4. The summed E-state index contributed by atoms with van der Waals surface area (Å²) in [4.78, 5) is 27.5. The van der Waals surface area contributed by atoms with Gasteiger partial charge in [0.25, 0.3) is 5.91 Å². The number of anilines is 2. The first-order valence-corrected chi connectivity index (χ1v) is 11.0. The van der Waals surface area contributed by atoms with Crippen LogP contribution in [0.5, 0.6) is 5.75 Å². The van der Waals surface area contributed by atoms with E-state index in [4.69, 9.17) is 9.15 Å². The van der Waals surface area contributed by atoms with Gasteiger partial charge in [0.15, 0.2) is 6.61 Å². The molecular weight excluding hydrogens is 416 g/mol. The fraction of sp³-hybridized carbons (Fsp3) is 0.273. The smallest absolute Gasteiger partial charge is 0.322 e. The number of benzene rings is 2. The molecule has 3 aromatic rings. The molecule has 160 valence electrons. The molecule has 1 aromatic heterocycles. The van der Waals surface area contributed by atoms with Crippen LogP contribution in [-0.2, 0) is 9.59 Å². The lowest BCUT2D eigenvalue weighted by atomic mass is 10.1. The number of carbonyl (C=O) groups excluding carboxylic acids is 2. The predicted molar refractivity (Wildman–Crippen MR) is 118 cm³/mol. The summed E-state index contributed by atoms with van der Waals surface area (Å²) in [7, 11) is 0. The minimum Gasteiger partial charge on any atom is -0.483 e. The summed E-state index contributed by atoms with van der Waals surface area (Å²) in [6.45, 7) is 2.18. The Labute approximate surface area is 184 Å². The maximum absolute atomic E-state index is 12.5. The van der Waals surface area contributed by atoms with E-state index in [1.165, 1.54) is 0 Å². The van der Waals surface area contributed by atoms with E-state index >= 15 is 0 Å². The number of aryl methyl sites for hydroxylation is 1. The summed E-state index contributed by atoms with van der Waals surface area (Å²) in [5.74, 6) is 0.327. The molecule has 31 heavy (non-hydrogen) atoms. The van der Waals surface area contributed by atoms with Crippen LogP contribution in [0.4, 0.5) is 11.7 Å². The third kappa shape index (κ3) is 4.88. The highest BCUT2D eigenvalue weighted by Gasteiger charge is 2.35. The van der Waals surface area contributed by atoms with Gasteiger partial charge < -0.3 is 14.1 Å². The molecule has 2 aromatic carbocycles. The summed E-state index contributed by atoms with van der Waals surface area (Å²) in [6, 6.07) is 15.3.